The number of nitrogens with two attached hydrogens (primary N) is 1. The number of pyridine rings is 2. The Morgan fingerprint density at radius 1 is 1.12 bits per heavy atom. The van der Waals surface area contributed by atoms with Gasteiger partial charge in [0.05, 0.1) is 29.4 Å². The summed E-state index contributed by atoms with van der Waals surface area (Å²) in [5, 5.41) is 0.525. The first-order valence-corrected chi connectivity index (χ1v) is 11.6. The average molecular weight is 507 g/mol. The minimum Gasteiger partial charge on any atom is -0.480 e. The van der Waals surface area contributed by atoms with Crippen molar-refractivity contribution in [2.24, 2.45) is 0 Å². The van der Waals surface area contributed by atoms with Crippen LogP contribution in [0.4, 0.5) is 20.5 Å². The molecule has 0 aliphatic carbocycles. The van der Waals surface area contributed by atoms with Crippen molar-refractivity contribution in [2.75, 3.05) is 17.6 Å². The zero-order valence-electron chi connectivity index (χ0n) is 17.8. The highest BCUT2D eigenvalue weighted by Gasteiger charge is 2.26. The van der Waals surface area contributed by atoms with E-state index in [1.165, 1.54) is 25.6 Å². The summed E-state index contributed by atoms with van der Waals surface area (Å²) in [6, 6.07) is 4.12. The highest BCUT2D eigenvalue weighted by molar-refractivity contribution is 7.92. The van der Waals surface area contributed by atoms with Crippen LogP contribution in [0.1, 0.15) is 12.5 Å². The SMILES string of the molecule is CCc1cc(-c2c(F)cnc(NS(=O)(=O)c3cc(Cl)cnc3OC)c2F)cc2cnc(N)nc12. The number of methoxy groups -OCH3 is 1. The topological polar surface area (TPSA) is 133 Å². The van der Waals surface area contributed by atoms with Crippen molar-refractivity contribution < 1.29 is 21.9 Å². The molecule has 3 N–H and O–H groups in total. The van der Waals surface area contributed by atoms with Gasteiger partial charge < -0.3 is 10.5 Å². The standard InChI is InChI=1S/C21H17ClF2N6O3S/c1-3-10-4-11(5-12-7-28-21(25)29-18(10)12)16-14(23)9-26-19(17(16)24)30-34(31,32)15-6-13(22)8-27-20(15)33-2/h4-9H,3H2,1-2H3,(H,26,30)(H2,25,28,29). The van der Waals surface area contributed by atoms with Gasteiger partial charge in [-0.2, -0.15) is 0 Å². The first-order chi connectivity index (χ1) is 16.1. The lowest BCUT2D eigenvalue weighted by Gasteiger charge is -2.14. The fourth-order valence-corrected chi connectivity index (χ4v) is 4.76. The fraction of sp³-hybridized carbons (Fsp3) is 0.143. The van der Waals surface area contributed by atoms with Crippen LogP contribution in [0, 0.1) is 11.6 Å². The minimum atomic E-state index is -4.45. The summed E-state index contributed by atoms with van der Waals surface area (Å²) < 4.78 is 63.0. The number of rotatable bonds is 6. The molecule has 0 aliphatic rings. The van der Waals surface area contributed by atoms with Crippen LogP contribution in [-0.4, -0.2) is 35.5 Å². The Kier molecular flexibility index (Phi) is 6.19. The van der Waals surface area contributed by atoms with Gasteiger partial charge in [0, 0.05) is 17.8 Å². The number of nitrogen functional groups attached to an aromatic ring is 1. The molecule has 176 valence electrons. The van der Waals surface area contributed by atoms with Crippen LogP contribution in [-0.2, 0) is 16.4 Å². The van der Waals surface area contributed by atoms with Crippen molar-refractivity contribution in [1.29, 1.82) is 0 Å². The minimum absolute atomic E-state index is 0.0144. The first-order valence-electron chi connectivity index (χ1n) is 9.76. The molecule has 3 heterocycles. The lowest BCUT2D eigenvalue weighted by Crippen LogP contribution is -2.17. The van der Waals surface area contributed by atoms with E-state index in [9.17, 15) is 12.8 Å². The zero-order valence-corrected chi connectivity index (χ0v) is 19.4. The van der Waals surface area contributed by atoms with Gasteiger partial charge in [0.1, 0.15) is 0 Å². The third kappa shape index (κ3) is 4.29. The number of halogens is 3. The molecule has 0 bridgehead atoms. The second kappa shape index (κ2) is 8.95. The molecule has 0 radical (unpaired) electrons. The number of hydrogen-bond acceptors (Lipinski definition) is 8. The smallest absolute Gasteiger partial charge is 0.268 e. The number of aromatic nitrogens is 4. The number of fused-ring (bicyclic) bond motifs is 1. The Labute approximate surface area is 198 Å². The number of nitrogens with one attached hydrogen (secondary N) is 1. The van der Waals surface area contributed by atoms with E-state index >= 15 is 4.39 Å². The summed E-state index contributed by atoms with van der Waals surface area (Å²) >= 11 is 5.86. The number of aryl methyl sites for hydroxylation is 1. The molecule has 0 unspecified atom stereocenters. The summed E-state index contributed by atoms with van der Waals surface area (Å²) in [5.41, 5.74) is 6.57. The molecule has 0 fully saturated rings. The molecular formula is C21H17ClF2N6O3S. The van der Waals surface area contributed by atoms with Crippen molar-refractivity contribution in [2.45, 2.75) is 18.2 Å². The van der Waals surface area contributed by atoms with Gasteiger partial charge in [0.15, 0.2) is 22.3 Å². The van der Waals surface area contributed by atoms with Gasteiger partial charge in [-0.25, -0.2) is 37.1 Å². The largest absolute Gasteiger partial charge is 0.480 e. The predicted octanol–water partition coefficient (Wildman–Crippen LogP) is 3.97. The molecule has 9 nitrogen and oxygen atoms in total. The first kappa shape index (κ1) is 23.5. The number of sulfonamides is 1. The van der Waals surface area contributed by atoms with Crippen LogP contribution in [0.2, 0.25) is 5.02 Å². The monoisotopic (exact) mass is 506 g/mol. The van der Waals surface area contributed by atoms with Crippen LogP contribution < -0.4 is 15.2 Å². The molecule has 1 aromatic carbocycles. The third-order valence-corrected chi connectivity index (χ3v) is 6.46. The molecule has 0 saturated carbocycles. The highest BCUT2D eigenvalue weighted by Crippen LogP contribution is 2.34. The van der Waals surface area contributed by atoms with E-state index in [0.29, 0.717) is 22.9 Å². The third-order valence-electron chi connectivity index (χ3n) is 4.92. The van der Waals surface area contributed by atoms with Crippen LogP contribution in [0.3, 0.4) is 0 Å². The van der Waals surface area contributed by atoms with E-state index in [0.717, 1.165) is 12.3 Å². The Bertz CT molecular complexity index is 1540. The highest BCUT2D eigenvalue weighted by atomic mass is 35.5. The molecule has 0 saturated heterocycles. The van der Waals surface area contributed by atoms with Crippen molar-refractivity contribution in [1.82, 2.24) is 19.9 Å². The molecule has 3 aromatic heterocycles. The molecule has 13 heteroatoms. The van der Waals surface area contributed by atoms with Crippen molar-refractivity contribution in [3.63, 3.8) is 0 Å². The predicted molar refractivity (Wildman–Crippen MR) is 123 cm³/mol. The lowest BCUT2D eigenvalue weighted by molar-refractivity contribution is 0.385. The number of ether oxygens (including phenoxy) is 1. The molecule has 0 aliphatic heterocycles. The molecular weight excluding hydrogens is 490 g/mol. The number of hydrogen-bond donors (Lipinski definition) is 2. The van der Waals surface area contributed by atoms with Crippen LogP contribution in [0.5, 0.6) is 5.88 Å². The van der Waals surface area contributed by atoms with Crippen LogP contribution in [0.25, 0.3) is 22.0 Å². The average Bonchev–Trinajstić information content (AvgIpc) is 2.80. The van der Waals surface area contributed by atoms with E-state index in [1.54, 1.807) is 6.07 Å². The van der Waals surface area contributed by atoms with E-state index in [4.69, 9.17) is 22.1 Å². The molecule has 0 spiro atoms. The number of benzene rings is 1. The van der Waals surface area contributed by atoms with Crippen molar-refractivity contribution >= 4 is 44.3 Å². The lowest BCUT2D eigenvalue weighted by atomic mass is 9.98. The maximum atomic E-state index is 15.5. The normalized spacial score (nSPS) is 11.6. The zero-order chi connectivity index (χ0) is 24.6. The summed E-state index contributed by atoms with van der Waals surface area (Å²) in [5.74, 6) is -3.11. The van der Waals surface area contributed by atoms with Crippen LogP contribution in [0.15, 0.2) is 41.7 Å². The second-order valence-corrected chi connectivity index (χ2v) is 9.15. The number of anilines is 2. The van der Waals surface area contributed by atoms with Crippen molar-refractivity contribution in [3.8, 4) is 17.0 Å². The summed E-state index contributed by atoms with van der Waals surface area (Å²) in [6.07, 6.45) is 3.85. The quantitative estimate of drug-likeness (QED) is 0.401. The molecule has 0 atom stereocenters. The molecule has 34 heavy (non-hydrogen) atoms. The Balaban J connectivity index is 1.84. The van der Waals surface area contributed by atoms with Gasteiger partial charge in [0.2, 0.25) is 11.8 Å². The van der Waals surface area contributed by atoms with Gasteiger partial charge >= 0.3 is 0 Å². The molecule has 4 aromatic rings. The Morgan fingerprint density at radius 3 is 2.59 bits per heavy atom. The van der Waals surface area contributed by atoms with Crippen LogP contribution >= 0.6 is 11.6 Å². The molecule has 0 amide bonds. The fourth-order valence-electron chi connectivity index (χ4n) is 3.38. The van der Waals surface area contributed by atoms with E-state index in [-0.39, 0.29) is 22.4 Å². The van der Waals surface area contributed by atoms with Gasteiger partial charge in [0.25, 0.3) is 10.0 Å². The summed E-state index contributed by atoms with van der Waals surface area (Å²) in [4.78, 5) is 15.1. The van der Waals surface area contributed by atoms with E-state index < -0.39 is 37.9 Å². The molecule has 4 rings (SSSR count). The van der Waals surface area contributed by atoms with Gasteiger partial charge in [-0.15, -0.1) is 0 Å². The van der Waals surface area contributed by atoms with Gasteiger partial charge in [-0.1, -0.05) is 18.5 Å². The maximum absolute atomic E-state index is 15.5. The van der Waals surface area contributed by atoms with Gasteiger partial charge in [-0.3, -0.25) is 4.72 Å². The number of nitrogens with zero attached hydrogens (tertiary/aromatic N) is 4. The summed E-state index contributed by atoms with van der Waals surface area (Å²) in [7, 11) is -3.23. The second-order valence-electron chi connectivity index (χ2n) is 7.07. The Morgan fingerprint density at radius 2 is 1.88 bits per heavy atom. The van der Waals surface area contributed by atoms with Crippen molar-refractivity contribution in [3.05, 3.63) is 59.0 Å². The Hall–Kier alpha value is -3.64. The summed E-state index contributed by atoms with van der Waals surface area (Å²) in [6.45, 7) is 1.85. The van der Waals surface area contributed by atoms with E-state index in [1.807, 2.05) is 11.6 Å². The maximum Gasteiger partial charge on any atom is 0.268 e. The van der Waals surface area contributed by atoms with E-state index in [2.05, 4.69) is 19.9 Å². The van der Waals surface area contributed by atoms with Gasteiger partial charge in [-0.05, 0) is 35.7 Å².